The van der Waals surface area contributed by atoms with Gasteiger partial charge in [0.05, 0.1) is 39.6 Å². The van der Waals surface area contributed by atoms with Crippen LogP contribution in [0.4, 0.5) is 5.69 Å². The van der Waals surface area contributed by atoms with Crippen LogP contribution in [-0.4, -0.2) is 74.6 Å². The van der Waals surface area contributed by atoms with E-state index in [0.29, 0.717) is 32.1 Å². The number of aliphatic imine (C=N–C) groups is 1. The van der Waals surface area contributed by atoms with E-state index in [2.05, 4.69) is 27.7 Å². The van der Waals surface area contributed by atoms with Gasteiger partial charge in [-0.05, 0) is 37.3 Å². The molecule has 4 N–H and O–H groups in total. The predicted octanol–water partition coefficient (Wildman–Crippen LogP) is 0.887. The summed E-state index contributed by atoms with van der Waals surface area (Å²) in [4.78, 5) is 41.0. The molecular weight excluding hydrogens is 428 g/mol. The average Bonchev–Trinajstić information content (AvgIpc) is 2.79. The van der Waals surface area contributed by atoms with Gasteiger partial charge in [0.15, 0.2) is 0 Å². The van der Waals surface area contributed by atoms with Crippen LogP contribution in [0.25, 0.3) is 0 Å². The van der Waals surface area contributed by atoms with Crippen LogP contribution < -0.4 is 16.0 Å². The highest BCUT2D eigenvalue weighted by molar-refractivity contribution is 5.98. The van der Waals surface area contributed by atoms with Gasteiger partial charge in [0, 0.05) is 12.1 Å². The molecule has 0 fully saturated rings. The van der Waals surface area contributed by atoms with Crippen LogP contribution in [0.2, 0.25) is 0 Å². The van der Waals surface area contributed by atoms with E-state index in [1.54, 1.807) is 31.2 Å². The van der Waals surface area contributed by atoms with Crippen molar-refractivity contribution in [3.05, 3.63) is 29.8 Å². The molecule has 3 amide bonds. The number of anilines is 1. The summed E-state index contributed by atoms with van der Waals surface area (Å²) in [6, 6.07) is 5.13. The molecule has 0 saturated carbocycles. The third-order valence-corrected chi connectivity index (χ3v) is 4.66. The second-order valence-electron chi connectivity index (χ2n) is 7.79. The van der Waals surface area contributed by atoms with Gasteiger partial charge in [-0.15, -0.1) is 0 Å². The summed E-state index contributed by atoms with van der Waals surface area (Å²) < 4.78 is 10.6. The summed E-state index contributed by atoms with van der Waals surface area (Å²) >= 11 is 0. The standard InChI is InChI=1S/C23H36N4O6/c1-16(2)21(27-20(29)9-11-32-13-14-33-12-10-24-4)23(31)25-17(3)22(30)26-19-7-5-18(15-28)6-8-19/h5-8,16-17,21,28H,4,9-15H2,1-3H3,(H,25,31)(H,26,30)(H,27,29)/t17-,21-/m0/s1. The first-order valence-corrected chi connectivity index (χ1v) is 11.0. The molecule has 10 heteroatoms. The Balaban J connectivity index is 2.42. The van der Waals surface area contributed by atoms with Crippen LogP contribution in [0, 0.1) is 5.92 Å². The number of carbonyl (C=O) groups is 3. The van der Waals surface area contributed by atoms with Gasteiger partial charge >= 0.3 is 0 Å². The molecule has 1 aromatic rings. The average molecular weight is 465 g/mol. The first kappa shape index (κ1) is 28.2. The Bertz CT molecular complexity index is 754. The molecule has 184 valence electrons. The number of rotatable bonds is 16. The minimum Gasteiger partial charge on any atom is -0.392 e. The minimum atomic E-state index is -0.812. The zero-order valence-corrected chi connectivity index (χ0v) is 19.6. The van der Waals surface area contributed by atoms with Crippen LogP contribution >= 0.6 is 0 Å². The number of aliphatic hydroxyl groups excluding tert-OH is 1. The maximum atomic E-state index is 12.7. The molecule has 33 heavy (non-hydrogen) atoms. The van der Waals surface area contributed by atoms with Crippen molar-refractivity contribution in [3.8, 4) is 0 Å². The van der Waals surface area contributed by atoms with E-state index in [-0.39, 0.29) is 31.5 Å². The molecule has 0 aliphatic heterocycles. The first-order chi connectivity index (χ1) is 15.8. The van der Waals surface area contributed by atoms with Crippen molar-refractivity contribution in [2.24, 2.45) is 10.9 Å². The van der Waals surface area contributed by atoms with Gasteiger partial charge in [0.2, 0.25) is 17.7 Å². The van der Waals surface area contributed by atoms with Gasteiger partial charge in [-0.2, -0.15) is 0 Å². The molecule has 2 atom stereocenters. The number of nitrogens with one attached hydrogen (secondary N) is 3. The van der Waals surface area contributed by atoms with Gasteiger partial charge in [-0.3, -0.25) is 19.4 Å². The van der Waals surface area contributed by atoms with Crippen LogP contribution in [-0.2, 0) is 30.5 Å². The molecule has 0 aliphatic rings. The predicted molar refractivity (Wildman–Crippen MR) is 126 cm³/mol. The molecule has 0 radical (unpaired) electrons. The topological polar surface area (TPSA) is 138 Å². The maximum Gasteiger partial charge on any atom is 0.246 e. The van der Waals surface area contributed by atoms with E-state index >= 15 is 0 Å². The highest BCUT2D eigenvalue weighted by Gasteiger charge is 2.26. The molecule has 0 unspecified atom stereocenters. The second kappa shape index (κ2) is 15.9. The number of hydrogen-bond donors (Lipinski definition) is 4. The van der Waals surface area contributed by atoms with Crippen LogP contribution in [0.3, 0.4) is 0 Å². The monoisotopic (exact) mass is 464 g/mol. The fourth-order valence-electron chi connectivity index (χ4n) is 2.71. The number of ether oxygens (including phenoxy) is 2. The zero-order chi connectivity index (χ0) is 24.6. The molecule has 0 saturated heterocycles. The fraction of sp³-hybridized carbons (Fsp3) is 0.565. The van der Waals surface area contributed by atoms with E-state index in [1.807, 2.05) is 13.8 Å². The lowest BCUT2D eigenvalue weighted by Gasteiger charge is -2.24. The van der Waals surface area contributed by atoms with Crippen molar-refractivity contribution in [2.45, 2.75) is 45.9 Å². The minimum absolute atomic E-state index is 0.0858. The Morgan fingerprint density at radius 1 is 0.970 bits per heavy atom. The molecule has 1 aromatic carbocycles. The second-order valence-corrected chi connectivity index (χ2v) is 7.79. The Morgan fingerprint density at radius 2 is 1.61 bits per heavy atom. The molecule has 0 aliphatic carbocycles. The molecule has 10 nitrogen and oxygen atoms in total. The Labute approximate surface area is 195 Å². The highest BCUT2D eigenvalue weighted by Crippen LogP contribution is 2.10. The van der Waals surface area contributed by atoms with Gasteiger partial charge in [-0.25, -0.2) is 0 Å². The quantitative estimate of drug-likeness (QED) is 0.212. The molecule has 0 bridgehead atoms. The van der Waals surface area contributed by atoms with Crippen molar-refractivity contribution in [3.63, 3.8) is 0 Å². The van der Waals surface area contributed by atoms with Gasteiger partial charge in [-0.1, -0.05) is 26.0 Å². The normalized spacial score (nSPS) is 12.6. The van der Waals surface area contributed by atoms with E-state index in [9.17, 15) is 14.4 Å². The summed E-state index contributed by atoms with van der Waals surface area (Å²) in [5, 5.41) is 17.1. The fourth-order valence-corrected chi connectivity index (χ4v) is 2.71. The number of hydrogen-bond acceptors (Lipinski definition) is 7. The number of nitrogens with zero attached hydrogens (tertiary/aromatic N) is 1. The lowest BCUT2D eigenvalue weighted by molar-refractivity contribution is -0.132. The van der Waals surface area contributed by atoms with Crippen molar-refractivity contribution in [2.75, 3.05) is 38.3 Å². The third-order valence-electron chi connectivity index (χ3n) is 4.66. The smallest absolute Gasteiger partial charge is 0.246 e. The first-order valence-electron chi connectivity index (χ1n) is 11.0. The van der Waals surface area contributed by atoms with E-state index in [0.717, 1.165) is 5.56 Å². The van der Waals surface area contributed by atoms with E-state index in [1.165, 1.54) is 0 Å². The molecule has 0 spiro atoms. The molecular formula is C23H36N4O6. The van der Waals surface area contributed by atoms with Crippen molar-refractivity contribution in [1.29, 1.82) is 0 Å². The van der Waals surface area contributed by atoms with E-state index < -0.39 is 23.9 Å². The number of amides is 3. The van der Waals surface area contributed by atoms with Crippen LogP contribution in [0.15, 0.2) is 29.3 Å². The van der Waals surface area contributed by atoms with Crippen LogP contribution in [0.1, 0.15) is 32.8 Å². The number of carbonyl (C=O) groups excluding carboxylic acids is 3. The number of benzene rings is 1. The van der Waals surface area contributed by atoms with Gasteiger partial charge in [0.25, 0.3) is 0 Å². The van der Waals surface area contributed by atoms with Gasteiger partial charge in [0.1, 0.15) is 12.1 Å². The lowest BCUT2D eigenvalue weighted by atomic mass is 10.0. The number of aliphatic hydroxyl groups is 1. The van der Waals surface area contributed by atoms with Crippen molar-refractivity contribution >= 4 is 30.1 Å². The van der Waals surface area contributed by atoms with Gasteiger partial charge < -0.3 is 30.5 Å². The van der Waals surface area contributed by atoms with Crippen LogP contribution in [0.5, 0.6) is 0 Å². The summed E-state index contributed by atoms with van der Waals surface area (Å²) in [7, 11) is 0. The SMILES string of the molecule is C=NCCOCCOCCC(=O)N[C@H](C(=O)N[C@@H](C)C(=O)Nc1ccc(CO)cc1)C(C)C. The Morgan fingerprint density at radius 3 is 2.18 bits per heavy atom. The highest BCUT2D eigenvalue weighted by atomic mass is 16.5. The molecule has 0 heterocycles. The molecule has 0 aromatic heterocycles. The van der Waals surface area contributed by atoms with E-state index in [4.69, 9.17) is 14.6 Å². The molecule has 1 rings (SSSR count). The largest absolute Gasteiger partial charge is 0.392 e. The summed E-state index contributed by atoms with van der Waals surface area (Å²) in [6.45, 7) is 10.4. The summed E-state index contributed by atoms with van der Waals surface area (Å²) in [6.07, 6.45) is 0.102. The summed E-state index contributed by atoms with van der Waals surface area (Å²) in [5.74, 6) is -1.33. The van der Waals surface area contributed by atoms with Crippen molar-refractivity contribution in [1.82, 2.24) is 10.6 Å². The third kappa shape index (κ3) is 11.6. The Kier molecular flexibility index (Phi) is 13.6. The van der Waals surface area contributed by atoms with Crippen molar-refractivity contribution < 1.29 is 29.0 Å². The maximum absolute atomic E-state index is 12.7. The lowest BCUT2D eigenvalue weighted by Crippen LogP contribution is -2.53. The summed E-state index contributed by atoms with van der Waals surface area (Å²) in [5.41, 5.74) is 1.28. The Hall–Kier alpha value is -2.82. The zero-order valence-electron chi connectivity index (χ0n) is 19.6.